The van der Waals surface area contributed by atoms with Crippen LogP contribution in [0.1, 0.15) is 23.9 Å². The Balaban J connectivity index is 1.54. The van der Waals surface area contributed by atoms with Gasteiger partial charge in [-0.25, -0.2) is 19.9 Å². The number of piperazine rings is 1. The predicted octanol–water partition coefficient (Wildman–Crippen LogP) is 3.43. The third-order valence-corrected chi connectivity index (χ3v) is 5.66. The van der Waals surface area contributed by atoms with E-state index >= 15 is 0 Å². The smallest absolute Gasteiger partial charge is 0.229 e. The van der Waals surface area contributed by atoms with Crippen LogP contribution < -0.4 is 15.5 Å². The van der Waals surface area contributed by atoms with Gasteiger partial charge in [-0.15, -0.1) is 0 Å². The zero-order valence-electron chi connectivity index (χ0n) is 19.7. The van der Waals surface area contributed by atoms with Gasteiger partial charge in [-0.3, -0.25) is 5.32 Å². The highest BCUT2D eigenvalue weighted by Gasteiger charge is 2.22. The minimum atomic E-state index is 0.376. The van der Waals surface area contributed by atoms with Crippen LogP contribution >= 0.6 is 12.2 Å². The van der Waals surface area contributed by atoms with E-state index in [0.717, 1.165) is 55.6 Å². The molecular formula is C24H29N9S. The number of aromatic nitrogens is 4. The summed E-state index contributed by atoms with van der Waals surface area (Å²) in [7, 11) is 0. The average Bonchev–Trinajstić information content (AvgIpc) is 2.84. The Morgan fingerprint density at radius 1 is 0.971 bits per heavy atom. The lowest BCUT2D eigenvalue weighted by Gasteiger charge is -2.36. The van der Waals surface area contributed by atoms with Gasteiger partial charge >= 0.3 is 0 Å². The second kappa shape index (κ2) is 11.0. The summed E-state index contributed by atoms with van der Waals surface area (Å²) >= 11 is 5.62. The molecule has 1 aliphatic heterocycles. The molecule has 1 aliphatic rings. The molecule has 2 N–H and O–H groups in total. The zero-order chi connectivity index (χ0) is 23.9. The van der Waals surface area contributed by atoms with Crippen LogP contribution in [-0.4, -0.2) is 62.1 Å². The predicted molar refractivity (Wildman–Crippen MR) is 140 cm³/mol. The molecule has 0 radical (unpaired) electrons. The summed E-state index contributed by atoms with van der Waals surface area (Å²) in [6.07, 6.45) is 4.43. The van der Waals surface area contributed by atoms with Gasteiger partial charge in [0.25, 0.3) is 0 Å². The number of nitrogens with zero attached hydrogens (tertiary/aromatic N) is 7. The molecule has 176 valence electrons. The number of rotatable bonds is 4. The second-order valence-corrected chi connectivity index (χ2v) is 8.39. The van der Waals surface area contributed by atoms with Gasteiger partial charge in [0.1, 0.15) is 0 Å². The Kier molecular flexibility index (Phi) is 7.58. The highest BCUT2D eigenvalue weighted by Crippen LogP contribution is 2.16. The van der Waals surface area contributed by atoms with E-state index in [1.165, 1.54) is 5.56 Å². The lowest BCUT2D eigenvalue weighted by Crippen LogP contribution is -2.51. The van der Waals surface area contributed by atoms with Crippen molar-refractivity contribution in [3.8, 4) is 0 Å². The number of guanidine groups is 1. The van der Waals surface area contributed by atoms with Gasteiger partial charge in [-0.1, -0.05) is 25.1 Å². The number of hydrogen-bond donors (Lipinski definition) is 2. The van der Waals surface area contributed by atoms with Crippen LogP contribution in [-0.2, 0) is 6.42 Å². The molecule has 1 aromatic carbocycles. The maximum absolute atomic E-state index is 5.62. The molecule has 9 nitrogen and oxygen atoms in total. The van der Waals surface area contributed by atoms with Crippen LogP contribution in [0.15, 0.2) is 53.8 Å². The fraction of sp³-hybridized carbons (Fsp3) is 0.333. The normalized spacial score (nSPS) is 14.1. The van der Waals surface area contributed by atoms with Crippen molar-refractivity contribution in [1.82, 2.24) is 24.8 Å². The summed E-state index contributed by atoms with van der Waals surface area (Å²) in [5, 5.41) is 6.96. The topological polar surface area (TPSA) is 94.5 Å². The number of hydrogen-bond acceptors (Lipinski definition) is 6. The van der Waals surface area contributed by atoms with E-state index in [9.17, 15) is 0 Å². The highest BCUT2D eigenvalue weighted by atomic mass is 32.1. The van der Waals surface area contributed by atoms with Crippen LogP contribution in [0.2, 0.25) is 0 Å². The first-order chi connectivity index (χ1) is 16.5. The second-order valence-electron chi connectivity index (χ2n) is 8.00. The molecule has 0 unspecified atom stereocenters. The summed E-state index contributed by atoms with van der Waals surface area (Å²) in [4.78, 5) is 26.9. The largest absolute Gasteiger partial charge is 0.339 e. The lowest BCUT2D eigenvalue weighted by molar-refractivity contribution is 0.382. The summed E-state index contributed by atoms with van der Waals surface area (Å²) in [6, 6.07) is 11.9. The Morgan fingerprint density at radius 3 is 2.32 bits per heavy atom. The summed E-state index contributed by atoms with van der Waals surface area (Å²) in [6.45, 7) is 8.99. The Labute approximate surface area is 205 Å². The molecule has 1 fully saturated rings. The molecule has 34 heavy (non-hydrogen) atoms. The monoisotopic (exact) mass is 475 g/mol. The van der Waals surface area contributed by atoms with Crippen molar-refractivity contribution in [2.24, 2.45) is 4.99 Å². The lowest BCUT2D eigenvalue weighted by atomic mass is 10.1. The molecule has 0 spiro atoms. The van der Waals surface area contributed by atoms with Gasteiger partial charge in [0.15, 0.2) is 0 Å². The molecule has 0 aliphatic carbocycles. The van der Waals surface area contributed by atoms with Crippen molar-refractivity contribution >= 4 is 40.9 Å². The van der Waals surface area contributed by atoms with E-state index < -0.39 is 0 Å². The van der Waals surface area contributed by atoms with Gasteiger partial charge in [-0.2, -0.15) is 4.99 Å². The van der Waals surface area contributed by atoms with Gasteiger partial charge in [-0.05, 0) is 56.2 Å². The minimum Gasteiger partial charge on any atom is -0.339 e. The van der Waals surface area contributed by atoms with E-state index in [2.05, 4.69) is 53.4 Å². The molecule has 0 saturated carbocycles. The Bertz CT molecular complexity index is 1140. The average molecular weight is 476 g/mol. The van der Waals surface area contributed by atoms with Crippen molar-refractivity contribution in [3.05, 3.63) is 65.7 Å². The summed E-state index contributed by atoms with van der Waals surface area (Å²) in [5.74, 6) is 1.85. The maximum atomic E-state index is 5.62. The molecule has 0 bridgehead atoms. The number of aryl methyl sites for hydroxylation is 3. The van der Waals surface area contributed by atoms with Crippen molar-refractivity contribution in [2.75, 3.05) is 41.7 Å². The third kappa shape index (κ3) is 6.02. The number of thiocarbonyl (C=S) groups is 1. The van der Waals surface area contributed by atoms with E-state index in [-0.39, 0.29) is 0 Å². The molecule has 10 heteroatoms. The first-order valence-corrected chi connectivity index (χ1v) is 11.8. The molecular weight excluding hydrogens is 446 g/mol. The van der Waals surface area contributed by atoms with Crippen LogP contribution in [0, 0.1) is 13.8 Å². The molecule has 1 saturated heterocycles. The molecule has 0 amide bonds. The van der Waals surface area contributed by atoms with Crippen LogP contribution in [0.5, 0.6) is 0 Å². The Hall–Kier alpha value is -3.66. The van der Waals surface area contributed by atoms with Gasteiger partial charge < -0.3 is 15.1 Å². The first kappa shape index (κ1) is 23.5. The fourth-order valence-corrected chi connectivity index (χ4v) is 4.02. The van der Waals surface area contributed by atoms with E-state index in [1.54, 1.807) is 12.4 Å². The van der Waals surface area contributed by atoms with Gasteiger partial charge in [0, 0.05) is 55.6 Å². The van der Waals surface area contributed by atoms with Crippen molar-refractivity contribution in [1.29, 1.82) is 0 Å². The van der Waals surface area contributed by atoms with E-state index in [1.807, 2.05) is 44.2 Å². The number of para-hydroxylation sites is 1. The SMILES string of the molecule is CCc1ccccc1NC(=S)/N=C(/Nc1nc(C)cc(C)n1)N1CCN(c2ncccn2)CC1. The standard InChI is InChI=1S/C24H29N9S/c1-4-19-8-5-6-9-20(19)29-24(34)31-23(30-21-27-17(2)16-18(3)28-21)33-14-12-32(13-15-33)22-25-10-7-11-26-22/h5-11,16H,4,12-15H2,1-3H3,(H2,27,28,29,30,31,34). The van der Waals surface area contributed by atoms with Crippen LogP contribution in [0.3, 0.4) is 0 Å². The quantitative estimate of drug-likeness (QED) is 0.334. The number of anilines is 3. The Morgan fingerprint density at radius 2 is 1.65 bits per heavy atom. The molecule has 3 heterocycles. The molecule has 0 atom stereocenters. The van der Waals surface area contributed by atoms with E-state index in [4.69, 9.17) is 17.2 Å². The van der Waals surface area contributed by atoms with Crippen molar-refractivity contribution in [3.63, 3.8) is 0 Å². The van der Waals surface area contributed by atoms with E-state index in [0.29, 0.717) is 17.0 Å². The molecule has 4 rings (SSSR count). The number of aliphatic imine (C=N–C) groups is 1. The summed E-state index contributed by atoms with van der Waals surface area (Å²) < 4.78 is 0. The van der Waals surface area contributed by atoms with Gasteiger partial charge in [0.2, 0.25) is 23.0 Å². The van der Waals surface area contributed by atoms with Crippen LogP contribution in [0.4, 0.5) is 17.6 Å². The third-order valence-electron chi connectivity index (χ3n) is 5.47. The first-order valence-electron chi connectivity index (χ1n) is 11.4. The fourth-order valence-electron chi connectivity index (χ4n) is 3.82. The van der Waals surface area contributed by atoms with Crippen molar-refractivity contribution < 1.29 is 0 Å². The zero-order valence-corrected chi connectivity index (χ0v) is 20.5. The molecule has 2 aromatic heterocycles. The molecule has 3 aromatic rings. The minimum absolute atomic E-state index is 0.376. The van der Waals surface area contributed by atoms with Crippen LogP contribution in [0.25, 0.3) is 0 Å². The van der Waals surface area contributed by atoms with Gasteiger partial charge in [0.05, 0.1) is 0 Å². The number of benzene rings is 1. The summed E-state index contributed by atoms with van der Waals surface area (Å²) in [5.41, 5.74) is 3.92. The number of nitrogens with one attached hydrogen (secondary N) is 2. The van der Waals surface area contributed by atoms with Crippen molar-refractivity contribution in [2.45, 2.75) is 27.2 Å². The maximum Gasteiger partial charge on any atom is 0.229 e. The highest BCUT2D eigenvalue weighted by molar-refractivity contribution is 7.80.